The van der Waals surface area contributed by atoms with E-state index in [2.05, 4.69) is 15.9 Å². The average molecular weight is 264 g/mol. The van der Waals surface area contributed by atoms with Gasteiger partial charge in [0.15, 0.2) is 0 Å². The average Bonchev–Trinajstić information content (AvgIpc) is 2.15. The minimum Gasteiger partial charge on any atom is -0.392 e. The normalized spacial score (nSPS) is 10.4. The van der Waals surface area contributed by atoms with E-state index in [-0.39, 0.29) is 6.61 Å². The fraction of sp³-hybridized carbons (Fsp3) is 0.400. The Bertz CT molecular complexity index is 276. The lowest BCUT2D eigenvalue weighted by atomic mass is 10.0. The number of benzene rings is 1. The molecule has 0 unspecified atom stereocenters. The Hall–Kier alpha value is -0.0500. The second kappa shape index (κ2) is 5.63. The summed E-state index contributed by atoms with van der Waals surface area (Å²) in [5.74, 6) is 0.659. The molecule has 1 rings (SSSR count). The molecule has 0 aliphatic rings. The van der Waals surface area contributed by atoms with Crippen molar-refractivity contribution in [1.82, 2.24) is 0 Å². The molecule has 0 aliphatic carbocycles. The third kappa shape index (κ3) is 2.97. The van der Waals surface area contributed by atoms with E-state index in [0.717, 1.165) is 22.9 Å². The molecule has 3 heteroatoms. The van der Waals surface area contributed by atoms with Crippen LogP contribution in [0.5, 0.6) is 0 Å². The SMILES string of the molecule is OCc1cccc(Br)c1CCCCl. The summed E-state index contributed by atoms with van der Waals surface area (Å²) in [5.41, 5.74) is 2.16. The number of hydrogen-bond acceptors (Lipinski definition) is 1. The Labute approximate surface area is 91.9 Å². The van der Waals surface area contributed by atoms with Gasteiger partial charge in [0.1, 0.15) is 0 Å². The Kier molecular flexibility index (Phi) is 4.78. The molecule has 0 radical (unpaired) electrons. The number of aliphatic hydroxyl groups excluding tert-OH is 1. The zero-order chi connectivity index (χ0) is 9.68. The highest BCUT2D eigenvalue weighted by Crippen LogP contribution is 2.22. The number of hydrogen-bond donors (Lipinski definition) is 1. The van der Waals surface area contributed by atoms with Crippen molar-refractivity contribution in [2.75, 3.05) is 5.88 Å². The molecule has 1 N–H and O–H groups in total. The zero-order valence-electron chi connectivity index (χ0n) is 7.26. The lowest BCUT2D eigenvalue weighted by molar-refractivity contribution is 0.280. The van der Waals surface area contributed by atoms with E-state index in [0.29, 0.717) is 5.88 Å². The minimum atomic E-state index is 0.0943. The van der Waals surface area contributed by atoms with Gasteiger partial charge in [-0.05, 0) is 30.0 Å². The van der Waals surface area contributed by atoms with Gasteiger partial charge in [-0.1, -0.05) is 28.1 Å². The van der Waals surface area contributed by atoms with Gasteiger partial charge < -0.3 is 5.11 Å². The van der Waals surface area contributed by atoms with Crippen LogP contribution in [0.3, 0.4) is 0 Å². The second-order valence-corrected chi connectivity index (χ2v) is 4.06. The van der Waals surface area contributed by atoms with E-state index in [1.54, 1.807) is 0 Å². The fourth-order valence-electron chi connectivity index (χ4n) is 1.28. The monoisotopic (exact) mass is 262 g/mol. The maximum atomic E-state index is 9.09. The molecular weight excluding hydrogens is 251 g/mol. The predicted molar refractivity (Wildman–Crippen MR) is 59.1 cm³/mol. The van der Waals surface area contributed by atoms with Crippen molar-refractivity contribution in [3.05, 3.63) is 33.8 Å². The Morgan fingerprint density at radius 1 is 1.38 bits per heavy atom. The minimum absolute atomic E-state index is 0.0943. The molecule has 0 atom stereocenters. The maximum absolute atomic E-state index is 9.09. The topological polar surface area (TPSA) is 20.2 Å². The van der Waals surface area contributed by atoms with Crippen LogP contribution >= 0.6 is 27.5 Å². The molecule has 1 nitrogen and oxygen atoms in total. The van der Waals surface area contributed by atoms with E-state index in [9.17, 15) is 0 Å². The summed E-state index contributed by atoms with van der Waals surface area (Å²) in [5, 5.41) is 9.09. The summed E-state index contributed by atoms with van der Waals surface area (Å²) in [7, 11) is 0. The van der Waals surface area contributed by atoms with Crippen molar-refractivity contribution in [2.24, 2.45) is 0 Å². The van der Waals surface area contributed by atoms with Gasteiger partial charge in [0.05, 0.1) is 6.61 Å². The standard InChI is InChI=1S/C10H12BrClO/c11-10-5-1-3-8(7-13)9(10)4-2-6-12/h1,3,5,13H,2,4,6-7H2. The number of alkyl halides is 1. The molecule has 1 aromatic carbocycles. The fourth-order valence-corrected chi connectivity index (χ4v) is 2.01. The lowest BCUT2D eigenvalue weighted by Gasteiger charge is -2.08. The van der Waals surface area contributed by atoms with Crippen LogP contribution in [0.25, 0.3) is 0 Å². The molecule has 0 fully saturated rings. The molecule has 0 saturated carbocycles. The lowest BCUT2D eigenvalue weighted by Crippen LogP contribution is -1.96. The smallest absolute Gasteiger partial charge is 0.0684 e. The summed E-state index contributed by atoms with van der Waals surface area (Å²) in [6.07, 6.45) is 1.86. The van der Waals surface area contributed by atoms with Gasteiger partial charge in [0, 0.05) is 10.4 Å². The number of halogens is 2. The first kappa shape index (κ1) is 11.0. The number of aliphatic hydroxyl groups is 1. The van der Waals surface area contributed by atoms with Crippen LogP contribution in [-0.2, 0) is 13.0 Å². The molecular formula is C10H12BrClO. The van der Waals surface area contributed by atoms with Crippen molar-refractivity contribution in [2.45, 2.75) is 19.4 Å². The first-order valence-electron chi connectivity index (χ1n) is 4.22. The number of rotatable bonds is 4. The molecule has 1 aromatic rings. The van der Waals surface area contributed by atoms with Crippen molar-refractivity contribution in [1.29, 1.82) is 0 Å². The molecule has 0 aliphatic heterocycles. The second-order valence-electron chi connectivity index (χ2n) is 2.83. The highest BCUT2D eigenvalue weighted by Gasteiger charge is 2.04. The molecule has 0 aromatic heterocycles. The largest absolute Gasteiger partial charge is 0.392 e. The van der Waals surface area contributed by atoms with Crippen molar-refractivity contribution >= 4 is 27.5 Å². The first-order valence-corrected chi connectivity index (χ1v) is 5.55. The third-order valence-corrected chi connectivity index (χ3v) is 2.96. The Morgan fingerprint density at radius 2 is 2.15 bits per heavy atom. The summed E-state index contributed by atoms with van der Waals surface area (Å²) in [4.78, 5) is 0. The molecule has 0 bridgehead atoms. The first-order chi connectivity index (χ1) is 6.29. The van der Waals surface area contributed by atoms with Crippen LogP contribution in [-0.4, -0.2) is 11.0 Å². The van der Waals surface area contributed by atoms with Crippen molar-refractivity contribution in [3.8, 4) is 0 Å². The molecule has 0 saturated heterocycles. The predicted octanol–water partition coefficient (Wildman–Crippen LogP) is 3.11. The molecule has 0 heterocycles. The van der Waals surface area contributed by atoms with E-state index in [1.165, 1.54) is 5.56 Å². The molecule has 13 heavy (non-hydrogen) atoms. The highest BCUT2D eigenvalue weighted by atomic mass is 79.9. The van der Waals surface area contributed by atoms with Crippen molar-refractivity contribution in [3.63, 3.8) is 0 Å². The van der Waals surface area contributed by atoms with Gasteiger partial charge >= 0.3 is 0 Å². The third-order valence-electron chi connectivity index (χ3n) is 1.95. The van der Waals surface area contributed by atoms with E-state index in [1.807, 2.05) is 18.2 Å². The Morgan fingerprint density at radius 3 is 2.77 bits per heavy atom. The van der Waals surface area contributed by atoms with Gasteiger partial charge in [0.25, 0.3) is 0 Å². The quantitative estimate of drug-likeness (QED) is 0.828. The zero-order valence-corrected chi connectivity index (χ0v) is 9.61. The van der Waals surface area contributed by atoms with Crippen molar-refractivity contribution < 1.29 is 5.11 Å². The van der Waals surface area contributed by atoms with Gasteiger partial charge in [-0.2, -0.15) is 0 Å². The molecule has 0 amide bonds. The van der Waals surface area contributed by atoms with Gasteiger partial charge in [-0.25, -0.2) is 0 Å². The molecule has 0 spiro atoms. The van der Waals surface area contributed by atoms with Crippen LogP contribution in [0, 0.1) is 0 Å². The van der Waals surface area contributed by atoms with E-state index in [4.69, 9.17) is 16.7 Å². The van der Waals surface area contributed by atoms with Gasteiger partial charge in [-0.3, -0.25) is 0 Å². The van der Waals surface area contributed by atoms with E-state index >= 15 is 0 Å². The Balaban J connectivity index is 2.87. The highest BCUT2D eigenvalue weighted by molar-refractivity contribution is 9.10. The van der Waals surface area contributed by atoms with Gasteiger partial charge in [0.2, 0.25) is 0 Å². The summed E-state index contributed by atoms with van der Waals surface area (Å²) in [6.45, 7) is 0.0943. The maximum Gasteiger partial charge on any atom is 0.0684 e. The summed E-state index contributed by atoms with van der Waals surface area (Å²) in [6, 6.07) is 5.86. The summed E-state index contributed by atoms with van der Waals surface area (Å²) >= 11 is 9.09. The van der Waals surface area contributed by atoms with Crippen LogP contribution in [0.2, 0.25) is 0 Å². The van der Waals surface area contributed by atoms with Crippen LogP contribution in [0.15, 0.2) is 22.7 Å². The molecule has 72 valence electrons. The summed E-state index contributed by atoms with van der Waals surface area (Å²) < 4.78 is 1.06. The van der Waals surface area contributed by atoms with E-state index < -0.39 is 0 Å². The van der Waals surface area contributed by atoms with Crippen LogP contribution in [0.1, 0.15) is 17.5 Å². The van der Waals surface area contributed by atoms with Gasteiger partial charge in [-0.15, -0.1) is 11.6 Å². The van der Waals surface area contributed by atoms with Crippen LogP contribution < -0.4 is 0 Å². The van der Waals surface area contributed by atoms with Crippen LogP contribution in [0.4, 0.5) is 0 Å².